The van der Waals surface area contributed by atoms with Crippen molar-refractivity contribution in [3.63, 3.8) is 0 Å². The van der Waals surface area contributed by atoms with Crippen molar-refractivity contribution in [2.24, 2.45) is 17.3 Å². The molecule has 1 amide bonds. The van der Waals surface area contributed by atoms with Gasteiger partial charge in [0.2, 0.25) is 12.7 Å². The quantitative estimate of drug-likeness (QED) is 0.850. The molecule has 0 aromatic heterocycles. The summed E-state index contributed by atoms with van der Waals surface area (Å²) in [6.07, 6.45) is 6.35. The van der Waals surface area contributed by atoms with Crippen LogP contribution in [0.5, 0.6) is 11.5 Å². The molecule has 4 bridgehead atoms. The molecule has 4 aliphatic carbocycles. The lowest BCUT2D eigenvalue weighted by molar-refractivity contribution is -0.144. The predicted molar refractivity (Wildman–Crippen MR) is 90.1 cm³/mol. The molecule has 2 atom stereocenters. The van der Waals surface area contributed by atoms with Crippen molar-refractivity contribution in [1.82, 2.24) is 5.32 Å². The molecule has 24 heavy (non-hydrogen) atoms. The van der Waals surface area contributed by atoms with Gasteiger partial charge in [0, 0.05) is 11.4 Å². The fraction of sp³-hybridized carbons (Fsp3) is 0.632. The molecule has 1 aromatic carbocycles. The Balaban J connectivity index is 1.30. The molecule has 1 aromatic rings. The van der Waals surface area contributed by atoms with Gasteiger partial charge < -0.3 is 14.8 Å². The van der Waals surface area contributed by atoms with Gasteiger partial charge in [-0.2, -0.15) is 0 Å². The molecular formula is C19H22ClNO3. The minimum absolute atomic E-state index is 0.125. The maximum absolute atomic E-state index is 13.0. The number of halogens is 1. The molecule has 0 radical (unpaired) electrons. The first-order valence-electron chi connectivity index (χ1n) is 8.89. The molecule has 128 valence electrons. The Kier molecular flexibility index (Phi) is 3.13. The third-order valence-electron chi connectivity index (χ3n) is 6.36. The number of fused-ring (bicyclic) bond motifs is 1. The molecular weight excluding hydrogens is 326 g/mol. The van der Waals surface area contributed by atoms with E-state index in [0.717, 1.165) is 49.2 Å². The van der Waals surface area contributed by atoms with Crippen molar-refractivity contribution in [2.45, 2.75) is 49.9 Å². The maximum atomic E-state index is 13.0. The predicted octanol–water partition coefficient (Wildman–Crippen LogP) is 3.61. The summed E-state index contributed by atoms with van der Waals surface area (Å²) >= 11 is 6.84. The fourth-order valence-electron chi connectivity index (χ4n) is 5.84. The molecule has 5 aliphatic rings. The first-order chi connectivity index (χ1) is 11.5. The van der Waals surface area contributed by atoms with Crippen LogP contribution in [0.25, 0.3) is 0 Å². The van der Waals surface area contributed by atoms with E-state index in [2.05, 4.69) is 5.32 Å². The molecule has 5 heteroatoms. The van der Waals surface area contributed by atoms with Gasteiger partial charge in [-0.05, 0) is 68.1 Å². The highest BCUT2D eigenvalue weighted by Crippen LogP contribution is 2.63. The van der Waals surface area contributed by atoms with Gasteiger partial charge in [-0.1, -0.05) is 6.07 Å². The van der Waals surface area contributed by atoms with E-state index < -0.39 is 0 Å². The van der Waals surface area contributed by atoms with Gasteiger partial charge in [0.25, 0.3) is 0 Å². The first-order valence-corrected chi connectivity index (χ1v) is 9.27. The van der Waals surface area contributed by atoms with Crippen molar-refractivity contribution in [3.8, 4) is 11.5 Å². The number of hydrogen-bond acceptors (Lipinski definition) is 3. The molecule has 0 unspecified atom stereocenters. The molecule has 6 rings (SSSR count). The second kappa shape index (κ2) is 5.04. The number of carbonyl (C=O) groups excluding carboxylic acids is 1. The summed E-state index contributed by atoms with van der Waals surface area (Å²) < 4.78 is 10.7. The monoisotopic (exact) mass is 347 g/mol. The average Bonchev–Trinajstić information content (AvgIpc) is 2.97. The summed E-state index contributed by atoms with van der Waals surface area (Å²) in [5, 5.41) is 3.17. The average molecular weight is 348 g/mol. The van der Waals surface area contributed by atoms with Crippen molar-refractivity contribution >= 4 is 17.5 Å². The number of carbonyl (C=O) groups is 1. The SMILES string of the molecule is O=C(NCc1ccc2c(c1)OCO2)C12C[C@H]3C[C@@H](CC(Cl)(C3)C1)C2. The Morgan fingerprint density at radius 2 is 1.92 bits per heavy atom. The summed E-state index contributed by atoms with van der Waals surface area (Å²) in [4.78, 5) is 12.9. The van der Waals surface area contributed by atoms with Crippen molar-refractivity contribution in [1.29, 1.82) is 0 Å². The molecule has 1 aliphatic heterocycles. The van der Waals surface area contributed by atoms with Crippen LogP contribution in [0.15, 0.2) is 18.2 Å². The zero-order chi connectivity index (χ0) is 16.4. The molecule has 1 N–H and O–H groups in total. The topological polar surface area (TPSA) is 47.6 Å². The number of rotatable bonds is 3. The lowest BCUT2D eigenvalue weighted by Crippen LogP contribution is -2.58. The normalized spacial score (nSPS) is 38.4. The van der Waals surface area contributed by atoms with E-state index in [9.17, 15) is 4.79 Å². The zero-order valence-electron chi connectivity index (χ0n) is 13.6. The standard InChI is InChI=1S/C19H22ClNO3/c20-19-7-13-3-14(8-19)6-18(5-13,10-19)17(22)21-9-12-1-2-15-16(4-12)24-11-23-15/h1-2,4,13-14H,3,5-11H2,(H,21,22)/t13-,14-,18?,19?/m1/s1. The minimum atomic E-state index is -0.234. The van der Waals surface area contributed by atoms with Crippen molar-refractivity contribution in [3.05, 3.63) is 23.8 Å². The van der Waals surface area contributed by atoms with Crippen LogP contribution >= 0.6 is 11.6 Å². The van der Waals surface area contributed by atoms with E-state index in [0.29, 0.717) is 18.4 Å². The Morgan fingerprint density at radius 1 is 1.17 bits per heavy atom. The summed E-state index contributed by atoms with van der Waals surface area (Å²) in [6.45, 7) is 0.802. The molecule has 0 spiro atoms. The number of nitrogens with one attached hydrogen (secondary N) is 1. The van der Waals surface area contributed by atoms with Crippen LogP contribution in [0.3, 0.4) is 0 Å². The number of hydrogen-bond donors (Lipinski definition) is 1. The highest BCUT2D eigenvalue weighted by Gasteiger charge is 2.59. The van der Waals surface area contributed by atoms with Gasteiger partial charge >= 0.3 is 0 Å². The second-order valence-electron chi connectivity index (χ2n) is 8.26. The lowest BCUT2D eigenvalue weighted by atomic mass is 9.49. The summed E-state index contributed by atoms with van der Waals surface area (Å²) in [5.74, 6) is 3.01. The van der Waals surface area contributed by atoms with Crippen molar-refractivity contribution in [2.75, 3.05) is 6.79 Å². The van der Waals surface area contributed by atoms with E-state index in [4.69, 9.17) is 21.1 Å². The second-order valence-corrected chi connectivity index (χ2v) is 9.06. The van der Waals surface area contributed by atoms with E-state index in [-0.39, 0.29) is 23.0 Å². The van der Waals surface area contributed by atoms with Crippen LogP contribution in [0.2, 0.25) is 0 Å². The van der Waals surface area contributed by atoms with E-state index >= 15 is 0 Å². The highest BCUT2D eigenvalue weighted by atomic mass is 35.5. The number of ether oxygens (including phenoxy) is 2. The van der Waals surface area contributed by atoms with Gasteiger partial charge in [0.15, 0.2) is 11.5 Å². The smallest absolute Gasteiger partial charge is 0.231 e. The van der Waals surface area contributed by atoms with Crippen LogP contribution in [0.1, 0.15) is 44.1 Å². The Labute approximate surface area is 146 Å². The third-order valence-corrected chi connectivity index (χ3v) is 6.80. The first kappa shape index (κ1) is 14.9. The van der Waals surface area contributed by atoms with Crippen molar-refractivity contribution < 1.29 is 14.3 Å². The Hall–Kier alpha value is -1.42. The Morgan fingerprint density at radius 3 is 2.67 bits per heavy atom. The number of benzene rings is 1. The van der Waals surface area contributed by atoms with Gasteiger partial charge in [0.05, 0.1) is 5.41 Å². The van der Waals surface area contributed by atoms with Gasteiger partial charge in [-0.25, -0.2) is 0 Å². The molecule has 0 saturated heterocycles. The highest BCUT2D eigenvalue weighted by molar-refractivity contribution is 6.24. The molecule has 4 nitrogen and oxygen atoms in total. The Bertz CT molecular complexity index is 690. The molecule has 1 heterocycles. The summed E-state index contributed by atoms with van der Waals surface area (Å²) in [6, 6.07) is 5.84. The van der Waals surface area contributed by atoms with Crippen LogP contribution < -0.4 is 14.8 Å². The van der Waals surface area contributed by atoms with Crippen LogP contribution in [0.4, 0.5) is 0 Å². The summed E-state index contributed by atoms with van der Waals surface area (Å²) in [7, 11) is 0. The van der Waals surface area contributed by atoms with Crippen LogP contribution in [0, 0.1) is 17.3 Å². The molecule has 4 saturated carbocycles. The number of amides is 1. The van der Waals surface area contributed by atoms with E-state index in [1.807, 2.05) is 18.2 Å². The van der Waals surface area contributed by atoms with Gasteiger partial charge in [0.1, 0.15) is 0 Å². The third kappa shape index (κ3) is 2.30. The van der Waals surface area contributed by atoms with Gasteiger partial charge in [-0.15, -0.1) is 11.6 Å². The fourth-order valence-corrected chi connectivity index (χ4v) is 6.53. The maximum Gasteiger partial charge on any atom is 0.231 e. The molecule has 4 fully saturated rings. The lowest BCUT2D eigenvalue weighted by Gasteiger charge is -2.59. The van der Waals surface area contributed by atoms with Crippen LogP contribution in [-0.2, 0) is 11.3 Å². The largest absolute Gasteiger partial charge is 0.454 e. The zero-order valence-corrected chi connectivity index (χ0v) is 14.4. The number of alkyl halides is 1. The van der Waals surface area contributed by atoms with Gasteiger partial charge in [-0.3, -0.25) is 4.79 Å². The minimum Gasteiger partial charge on any atom is -0.454 e. The van der Waals surface area contributed by atoms with Crippen LogP contribution in [-0.4, -0.2) is 17.6 Å². The van der Waals surface area contributed by atoms with E-state index in [1.54, 1.807) is 0 Å². The summed E-state index contributed by atoms with van der Waals surface area (Å²) in [5.41, 5.74) is 0.806. The van der Waals surface area contributed by atoms with E-state index in [1.165, 1.54) is 6.42 Å².